The maximum Gasteiger partial charge on any atom is 0.205 e. The molecule has 1 atom stereocenters. The fourth-order valence-corrected chi connectivity index (χ4v) is 7.64. The molecule has 1 aliphatic carbocycles. The van der Waals surface area contributed by atoms with E-state index in [0.29, 0.717) is 5.92 Å². The van der Waals surface area contributed by atoms with Gasteiger partial charge in [0.2, 0.25) is 17.2 Å². The minimum atomic E-state index is -1.09. The van der Waals surface area contributed by atoms with Crippen molar-refractivity contribution in [3.8, 4) is 62.5 Å². The van der Waals surface area contributed by atoms with Gasteiger partial charge in [-0.3, -0.25) is 0 Å². The van der Waals surface area contributed by atoms with E-state index in [1.807, 2.05) is 24.3 Å². The number of hydrogen-bond donors (Lipinski definition) is 7. The molecule has 0 amide bonds. The molecular weight excluding hydrogens is 679 g/mol. The number of anilines is 3. The quantitative estimate of drug-likeness (QED) is 0.0665. The van der Waals surface area contributed by atoms with Crippen LogP contribution < -0.4 is 4.90 Å². The van der Waals surface area contributed by atoms with Gasteiger partial charge in [-0.2, -0.15) is 0 Å². The van der Waals surface area contributed by atoms with Crippen LogP contribution in [0.1, 0.15) is 30.4 Å². The monoisotopic (exact) mass is 715 g/mol. The van der Waals surface area contributed by atoms with Crippen molar-refractivity contribution in [1.29, 1.82) is 0 Å². The van der Waals surface area contributed by atoms with Crippen molar-refractivity contribution >= 4 is 38.6 Å². The van der Waals surface area contributed by atoms with Gasteiger partial charge in [-0.05, 0) is 83.8 Å². The summed E-state index contributed by atoms with van der Waals surface area (Å²) in [5.41, 5.74) is 8.78. The number of phenols is 7. The standard InChI is InChI=1S/C46H37NO7/c1-25-8-3-5-11-33(25)35-24-30(15-14-26(35)2)27-16-20-31(21-17-27)47(36-13-7-10-28-9-4-6-12-34(28)36)32-22-18-29(19-23-32)37-38-39(42(50)44(52)40(37)48)43(51)46(54)45(53)41(38)49/h3-10,12-24,33,48-54H,11H2,1-2H3. The first-order valence-corrected chi connectivity index (χ1v) is 17.5. The molecule has 8 nitrogen and oxygen atoms in total. The topological polar surface area (TPSA) is 145 Å². The van der Waals surface area contributed by atoms with Crippen LogP contribution in [0, 0.1) is 6.92 Å². The van der Waals surface area contributed by atoms with Crippen LogP contribution in [-0.2, 0) is 0 Å². The molecule has 0 heterocycles. The zero-order valence-corrected chi connectivity index (χ0v) is 29.5. The number of fused-ring (bicyclic) bond motifs is 2. The molecule has 0 aromatic heterocycles. The van der Waals surface area contributed by atoms with Gasteiger partial charge in [0.15, 0.2) is 23.0 Å². The number of aryl methyl sites for hydroxylation is 1. The van der Waals surface area contributed by atoms with Crippen molar-refractivity contribution in [2.24, 2.45) is 0 Å². The highest BCUT2D eigenvalue weighted by molar-refractivity contribution is 6.13. The number of allylic oxidation sites excluding steroid dienone is 4. The van der Waals surface area contributed by atoms with Gasteiger partial charge < -0.3 is 40.6 Å². The Bertz CT molecular complexity index is 2660. The Morgan fingerprint density at radius 2 is 1.11 bits per heavy atom. The summed E-state index contributed by atoms with van der Waals surface area (Å²) in [6.45, 7) is 4.35. The van der Waals surface area contributed by atoms with E-state index in [1.165, 1.54) is 16.7 Å². The fourth-order valence-electron chi connectivity index (χ4n) is 7.64. The molecule has 8 rings (SSSR count). The van der Waals surface area contributed by atoms with E-state index in [9.17, 15) is 35.7 Å². The van der Waals surface area contributed by atoms with Crippen molar-refractivity contribution in [2.75, 3.05) is 4.90 Å². The zero-order valence-electron chi connectivity index (χ0n) is 29.5. The predicted molar refractivity (Wildman–Crippen MR) is 214 cm³/mol. The van der Waals surface area contributed by atoms with Crippen molar-refractivity contribution in [2.45, 2.75) is 26.2 Å². The molecule has 0 saturated carbocycles. The van der Waals surface area contributed by atoms with Gasteiger partial charge in [0.1, 0.15) is 0 Å². The van der Waals surface area contributed by atoms with Crippen LogP contribution in [0.4, 0.5) is 17.1 Å². The normalized spacial score (nSPS) is 14.0. The molecule has 0 saturated heterocycles. The molecule has 54 heavy (non-hydrogen) atoms. The van der Waals surface area contributed by atoms with Gasteiger partial charge in [0.05, 0.1) is 11.1 Å². The van der Waals surface area contributed by atoms with Crippen LogP contribution in [0.25, 0.3) is 43.8 Å². The van der Waals surface area contributed by atoms with E-state index in [4.69, 9.17) is 0 Å². The number of benzene rings is 7. The van der Waals surface area contributed by atoms with Crippen molar-refractivity contribution in [3.63, 3.8) is 0 Å². The molecule has 1 aliphatic rings. The van der Waals surface area contributed by atoms with Crippen LogP contribution in [0.5, 0.6) is 40.2 Å². The summed E-state index contributed by atoms with van der Waals surface area (Å²) in [5, 5.41) is 75.4. The van der Waals surface area contributed by atoms with Gasteiger partial charge in [-0.25, -0.2) is 0 Å². The van der Waals surface area contributed by atoms with Gasteiger partial charge in [0, 0.05) is 33.6 Å². The van der Waals surface area contributed by atoms with E-state index in [-0.39, 0.29) is 16.5 Å². The van der Waals surface area contributed by atoms with E-state index < -0.39 is 45.6 Å². The molecule has 7 N–H and O–H groups in total. The lowest BCUT2D eigenvalue weighted by Gasteiger charge is -2.27. The lowest BCUT2D eigenvalue weighted by molar-refractivity contribution is 0.347. The smallest absolute Gasteiger partial charge is 0.205 e. The third-order valence-corrected chi connectivity index (χ3v) is 10.5. The molecule has 7 aromatic carbocycles. The Labute approximate surface area is 311 Å². The number of nitrogens with zero attached hydrogens (tertiary/aromatic N) is 1. The molecule has 0 bridgehead atoms. The lowest BCUT2D eigenvalue weighted by atomic mass is 9.83. The predicted octanol–water partition coefficient (Wildman–Crippen LogP) is 11.0. The molecule has 0 aliphatic heterocycles. The SMILES string of the molecule is CC1=CC=CCC1c1cc(-c2ccc(N(c3ccc(-c4c(O)c(O)c(O)c5c(O)c(O)c(O)c(O)c45)cc3)c3cccc4ccccc34)cc2)ccc1C. The highest BCUT2D eigenvalue weighted by Crippen LogP contribution is 2.59. The summed E-state index contributed by atoms with van der Waals surface area (Å²) in [5.74, 6) is -6.40. The first-order chi connectivity index (χ1) is 26.0. The summed E-state index contributed by atoms with van der Waals surface area (Å²) in [6.07, 6.45) is 7.51. The van der Waals surface area contributed by atoms with Gasteiger partial charge in [0.25, 0.3) is 0 Å². The Hall–Kier alpha value is -7.06. The molecule has 1 unspecified atom stereocenters. The Kier molecular flexibility index (Phi) is 8.30. The van der Waals surface area contributed by atoms with Crippen molar-refractivity contribution in [1.82, 2.24) is 0 Å². The number of rotatable bonds is 6. The minimum absolute atomic E-state index is 0.177. The second kappa shape index (κ2) is 13.2. The third-order valence-electron chi connectivity index (χ3n) is 10.5. The lowest BCUT2D eigenvalue weighted by Crippen LogP contribution is -2.10. The molecule has 0 radical (unpaired) electrons. The zero-order chi connectivity index (χ0) is 37.8. The highest BCUT2D eigenvalue weighted by Gasteiger charge is 2.29. The molecular formula is C46H37NO7. The number of aromatic hydroxyl groups is 7. The number of hydrogen-bond acceptors (Lipinski definition) is 8. The summed E-state index contributed by atoms with van der Waals surface area (Å²) in [7, 11) is 0. The largest absolute Gasteiger partial charge is 0.504 e. The van der Waals surface area contributed by atoms with E-state index in [1.54, 1.807) is 24.3 Å². The first kappa shape index (κ1) is 34.0. The van der Waals surface area contributed by atoms with E-state index in [0.717, 1.165) is 45.4 Å². The van der Waals surface area contributed by atoms with Crippen LogP contribution in [0.2, 0.25) is 0 Å². The Morgan fingerprint density at radius 3 is 1.78 bits per heavy atom. The summed E-state index contributed by atoms with van der Waals surface area (Å²) in [4.78, 5) is 2.11. The maximum atomic E-state index is 11.0. The summed E-state index contributed by atoms with van der Waals surface area (Å²) >= 11 is 0. The highest BCUT2D eigenvalue weighted by atomic mass is 16.3. The minimum Gasteiger partial charge on any atom is -0.504 e. The van der Waals surface area contributed by atoms with Gasteiger partial charge in [-0.1, -0.05) is 103 Å². The molecule has 0 fully saturated rings. The fraction of sp³-hybridized carbons (Fsp3) is 0.0870. The molecule has 8 heteroatoms. The van der Waals surface area contributed by atoms with Crippen LogP contribution in [0.3, 0.4) is 0 Å². The average Bonchev–Trinajstić information content (AvgIpc) is 3.19. The Morgan fingerprint density at radius 1 is 0.537 bits per heavy atom. The average molecular weight is 716 g/mol. The second-order valence-corrected chi connectivity index (χ2v) is 13.7. The van der Waals surface area contributed by atoms with Gasteiger partial charge in [-0.15, -0.1) is 0 Å². The van der Waals surface area contributed by atoms with Crippen molar-refractivity contribution in [3.05, 3.63) is 144 Å². The van der Waals surface area contributed by atoms with Crippen LogP contribution >= 0.6 is 0 Å². The van der Waals surface area contributed by atoms with Crippen molar-refractivity contribution < 1.29 is 35.7 Å². The summed E-state index contributed by atoms with van der Waals surface area (Å²) < 4.78 is 0. The second-order valence-electron chi connectivity index (χ2n) is 13.7. The molecule has 0 spiro atoms. The molecule has 7 aromatic rings. The third kappa shape index (κ3) is 5.47. The van der Waals surface area contributed by atoms with Gasteiger partial charge >= 0.3 is 0 Å². The van der Waals surface area contributed by atoms with Crippen LogP contribution in [0.15, 0.2) is 133 Å². The molecule has 268 valence electrons. The van der Waals surface area contributed by atoms with Crippen LogP contribution in [-0.4, -0.2) is 35.7 Å². The van der Waals surface area contributed by atoms with E-state index >= 15 is 0 Å². The Balaban J connectivity index is 1.25. The number of phenolic OH excluding ortho intramolecular Hbond substituents is 7. The summed E-state index contributed by atoms with van der Waals surface area (Å²) in [6, 6.07) is 36.1. The first-order valence-electron chi connectivity index (χ1n) is 17.5. The maximum absolute atomic E-state index is 11.0. The van der Waals surface area contributed by atoms with E-state index in [2.05, 4.69) is 97.6 Å².